The van der Waals surface area contributed by atoms with Crippen LogP contribution in [0.3, 0.4) is 0 Å². The Bertz CT molecular complexity index is 726. The van der Waals surface area contributed by atoms with Crippen LogP contribution in [0.4, 0.5) is 9.18 Å². The third-order valence-corrected chi connectivity index (χ3v) is 3.44. The summed E-state index contributed by atoms with van der Waals surface area (Å²) < 4.78 is 19.0. The second-order valence-electron chi connectivity index (χ2n) is 5.19. The molecule has 2 atom stereocenters. The van der Waals surface area contributed by atoms with Gasteiger partial charge < -0.3 is 20.8 Å². The number of aryl methyl sites for hydroxylation is 1. The van der Waals surface area contributed by atoms with Gasteiger partial charge in [-0.1, -0.05) is 0 Å². The van der Waals surface area contributed by atoms with Crippen molar-refractivity contribution in [3.8, 4) is 0 Å². The Balaban J connectivity index is 2.19. The van der Waals surface area contributed by atoms with E-state index in [1.165, 1.54) is 19.1 Å². The van der Waals surface area contributed by atoms with Gasteiger partial charge in [0.25, 0.3) is 0 Å². The maximum absolute atomic E-state index is 13.3. The summed E-state index contributed by atoms with van der Waals surface area (Å²) in [5, 5.41) is 5.68. The molecule has 3 amide bonds. The largest absolute Gasteiger partial charge is 0.459 e. The number of hydrogen-bond donors (Lipinski definition) is 3. The molecule has 1 aromatic heterocycles. The van der Waals surface area contributed by atoms with Crippen molar-refractivity contribution < 1.29 is 18.4 Å². The molecule has 0 bridgehead atoms. The molecule has 0 spiro atoms. The minimum atomic E-state index is -0.773. The minimum absolute atomic E-state index is 0.348. The summed E-state index contributed by atoms with van der Waals surface area (Å²) in [4.78, 5) is 22.7. The molecule has 0 aliphatic heterocycles. The van der Waals surface area contributed by atoms with Crippen LogP contribution in [0.2, 0.25) is 0 Å². The number of benzene rings is 1. The number of urea groups is 1. The van der Waals surface area contributed by atoms with E-state index < -0.39 is 24.0 Å². The fraction of sp³-hybridized carbons (Fsp3) is 0.333. The third-order valence-electron chi connectivity index (χ3n) is 3.44. The smallest absolute Gasteiger partial charge is 0.312 e. The molecular weight excluding hydrogens is 289 g/mol. The normalized spacial score (nSPS) is 13.6. The first-order valence-electron chi connectivity index (χ1n) is 6.84. The molecule has 0 radical (unpaired) electrons. The van der Waals surface area contributed by atoms with E-state index in [2.05, 4.69) is 10.6 Å². The second-order valence-corrected chi connectivity index (χ2v) is 5.19. The quantitative estimate of drug-likeness (QED) is 0.807. The van der Waals surface area contributed by atoms with Gasteiger partial charge in [-0.05, 0) is 39.0 Å². The number of fused-ring (bicyclic) bond motifs is 1. The van der Waals surface area contributed by atoms with Crippen molar-refractivity contribution in [1.29, 1.82) is 0 Å². The third kappa shape index (κ3) is 3.19. The fourth-order valence-corrected chi connectivity index (χ4v) is 2.31. The number of hydrogen-bond acceptors (Lipinski definition) is 3. The Morgan fingerprint density at radius 1 is 1.27 bits per heavy atom. The van der Waals surface area contributed by atoms with Crippen molar-refractivity contribution in [3.63, 3.8) is 0 Å². The van der Waals surface area contributed by atoms with Gasteiger partial charge in [-0.25, -0.2) is 9.18 Å². The highest BCUT2D eigenvalue weighted by atomic mass is 19.1. The maximum atomic E-state index is 13.3. The zero-order chi connectivity index (χ0) is 16.4. The first-order chi connectivity index (χ1) is 10.3. The van der Waals surface area contributed by atoms with Crippen molar-refractivity contribution in [2.24, 2.45) is 5.73 Å². The van der Waals surface area contributed by atoms with Crippen molar-refractivity contribution in [3.05, 3.63) is 35.3 Å². The first kappa shape index (κ1) is 15.8. The number of amides is 3. The van der Waals surface area contributed by atoms with Gasteiger partial charge in [0, 0.05) is 10.9 Å². The summed E-state index contributed by atoms with van der Waals surface area (Å²) in [6.45, 7) is 5.07. The minimum Gasteiger partial charge on any atom is -0.459 e. The van der Waals surface area contributed by atoms with E-state index >= 15 is 0 Å². The summed E-state index contributed by atoms with van der Waals surface area (Å²) in [6.07, 6.45) is 0. The Labute approximate surface area is 126 Å². The molecule has 4 N–H and O–H groups in total. The molecule has 0 aliphatic rings. The zero-order valence-corrected chi connectivity index (χ0v) is 12.6. The highest BCUT2D eigenvalue weighted by molar-refractivity contribution is 5.87. The van der Waals surface area contributed by atoms with Gasteiger partial charge >= 0.3 is 6.03 Å². The predicted octanol–water partition coefficient (Wildman–Crippen LogP) is 2.11. The van der Waals surface area contributed by atoms with E-state index in [4.69, 9.17) is 10.2 Å². The Kier molecular flexibility index (Phi) is 4.35. The molecule has 1 heterocycles. The molecule has 2 unspecified atom stereocenters. The summed E-state index contributed by atoms with van der Waals surface area (Å²) in [6, 6.07) is 2.29. The number of nitrogens with two attached hydrogens (primary N) is 1. The van der Waals surface area contributed by atoms with Crippen LogP contribution in [0.15, 0.2) is 22.6 Å². The highest BCUT2D eigenvalue weighted by Gasteiger charge is 2.21. The van der Waals surface area contributed by atoms with Crippen molar-refractivity contribution in [2.75, 3.05) is 0 Å². The average molecular weight is 307 g/mol. The first-order valence-corrected chi connectivity index (χ1v) is 6.84. The fourth-order valence-electron chi connectivity index (χ4n) is 2.31. The van der Waals surface area contributed by atoms with Crippen molar-refractivity contribution >= 4 is 22.9 Å². The molecule has 2 aromatic rings. The lowest BCUT2D eigenvalue weighted by Gasteiger charge is -2.17. The number of furan rings is 1. The molecule has 118 valence electrons. The molecule has 1 aromatic carbocycles. The molecule has 6 nitrogen and oxygen atoms in total. The van der Waals surface area contributed by atoms with Crippen LogP contribution in [0.1, 0.15) is 31.2 Å². The van der Waals surface area contributed by atoms with Crippen LogP contribution in [-0.4, -0.2) is 18.0 Å². The van der Waals surface area contributed by atoms with E-state index in [1.807, 2.05) is 0 Å². The number of carbonyl (C=O) groups is 2. The van der Waals surface area contributed by atoms with Gasteiger partial charge in [-0.3, -0.25) is 4.79 Å². The van der Waals surface area contributed by atoms with E-state index in [0.29, 0.717) is 16.7 Å². The van der Waals surface area contributed by atoms with Crippen LogP contribution in [0.5, 0.6) is 0 Å². The number of nitrogens with one attached hydrogen (secondary N) is 2. The molecule has 0 aliphatic carbocycles. The lowest BCUT2D eigenvalue weighted by molar-refractivity contribution is -0.123. The predicted molar refractivity (Wildman–Crippen MR) is 79.6 cm³/mol. The van der Waals surface area contributed by atoms with Gasteiger partial charge in [-0.15, -0.1) is 0 Å². The van der Waals surface area contributed by atoms with Gasteiger partial charge in [0.1, 0.15) is 23.2 Å². The lowest BCUT2D eigenvalue weighted by Crippen LogP contribution is -2.47. The summed E-state index contributed by atoms with van der Waals surface area (Å²) in [5.41, 5.74) is 6.29. The number of primary amides is 1. The molecule has 22 heavy (non-hydrogen) atoms. The van der Waals surface area contributed by atoms with E-state index in [9.17, 15) is 14.0 Å². The van der Waals surface area contributed by atoms with E-state index in [-0.39, 0.29) is 5.82 Å². The van der Waals surface area contributed by atoms with Crippen molar-refractivity contribution in [2.45, 2.75) is 32.9 Å². The van der Waals surface area contributed by atoms with Crippen LogP contribution >= 0.6 is 0 Å². The van der Waals surface area contributed by atoms with Gasteiger partial charge in [0.15, 0.2) is 0 Å². The van der Waals surface area contributed by atoms with Gasteiger partial charge in [0.2, 0.25) is 5.91 Å². The van der Waals surface area contributed by atoms with Gasteiger partial charge in [0.05, 0.1) is 6.04 Å². The molecule has 0 fully saturated rings. The summed E-state index contributed by atoms with van der Waals surface area (Å²) >= 11 is 0. The van der Waals surface area contributed by atoms with Crippen molar-refractivity contribution in [1.82, 2.24) is 10.6 Å². The molecule has 2 rings (SSSR count). The summed E-state index contributed by atoms with van der Waals surface area (Å²) in [5.74, 6) is -0.198. The second kappa shape index (κ2) is 6.05. The number of rotatable bonds is 4. The van der Waals surface area contributed by atoms with Crippen LogP contribution in [-0.2, 0) is 4.79 Å². The van der Waals surface area contributed by atoms with Crippen LogP contribution < -0.4 is 16.4 Å². The SMILES string of the molecule is Cc1c(C(C)NC(=O)C(C)NC(N)=O)oc2ccc(F)cc12. The average Bonchev–Trinajstić information content (AvgIpc) is 2.75. The number of carbonyl (C=O) groups excluding carboxylic acids is 2. The standard InChI is InChI=1S/C15H18FN3O3/c1-7-11-6-10(16)4-5-12(11)22-13(7)8(2)18-14(20)9(3)19-15(17)21/h4-6,8-9H,1-3H3,(H,18,20)(H3,17,19,21). The van der Waals surface area contributed by atoms with Crippen LogP contribution in [0, 0.1) is 12.7 Å². The number of halogens is 1. The molecule has 7 heteroatoms. The van der Waals surface area contributed by atoms with E-state index in [1.54, 1.807) is 19.9 Å². The monoisotopic (exact) mass is 307 g/mol. The maximum Gasteiger partial charge on any atom is 0.312 e. The summed E-state index contributed by atoms with van der Waals surface area (Å²) in [7, 11) is 0. The molecular formula is C15H18FN3O3. The molecule has 0 saturated carbocycles. The Morgan fingerprint density at radius 2 is 1.95 bits per heavy atom. The Morgan fingerprint density at radius 3 is 2.59 bits per heavy atom. The lowest BCUT2D eigenvalue weighted by atomic mass is 10.1. The zero-order valence-electron chi connectivity index (χ0n) is 12.6. The van der Waals surface area contributed by atoms with E-state index in [0.717, 1.165) is 5.56 Å². The molecule has 0 saturated heterocycles. The van der Waals surface area contributed by atoms with Gasteiger partial charge in [-0.2, -0.15) is 0 Å². The van der Waals surface area contributed by atoms with Crippen LogP contribution in [0.25, 0.3) is 11.0 Å². The topological polar surface area (TPSA) is 97.4 Å². The Hall–Kier alpha value is -2.57. The highest BCUT2D eigenvalue weighted by Crippen LogP contribution is 2.29.